The first-order chi connectivity index (χ1) is 5.11. The maximum Gasteiger partial charge on any atom is 0.274 e. The van der Waals surface area contributed by atoms with E-state index in [0.717, 1.165) is 18.3 Å². The average molecular weight is 155 g/mol. The first-order valence-corrected chi connectivity index (χ1v) is 2.72. The summed E-state index contributed by atoms with van der Waals surface area (Å²) in [7, 11) is 0. The van der Waals surface area contributed by atoms with Crippen molar-refractivity contribution in [2.75, 3.05) is 0 Å². The third kappa shape index (κ3) is 1.34. The standard InChI is InChI=1S/C5H5N3O3/c6-5-3-4(8(10)11)1-2-7(5)9/h1-3,6,9H. The number of hydrogen-bond acceptors (Lipinski definition) is 4. The molecule has 1 aromatic rings. The number of pyridine rings is 1. The van der Waals surface area contributed by atoms with Crippen molar-refractivity contribution in [3.05, 3.63) is 33.9 Å². The zero-order chi connectivity index (χ0) is 8.43. The Morgan fingerprint density at radius 3 is 2.82 bits per heavy atom. The highest BCUT2D eigenvalue weighted by Crippen LogP contribution is 2.03. The van der Waals surface area contributed by atoms with E-state index in [1.807, 2.05) is 0 Å². The minimum absolute atomic E-state index is 0.208. The summed E-state index contributed by atoms with van der Waals surface area (Å²) >= 11 is 0. The van der Waals surface area contributed by atoms with Crippen LogP contribution in [0.1, 0.15) is 0 Å². The molecular formula is C5H5N3O3. The lowest BCUT2D eigenvalue weighted by Crippen LogP contribution is -2.15. The highest BCUT2D eigenvalue weighted by atomic mass is 16.6. The molecular weight excluding hydrogens is 150 g/mol. The Morgan fingerprint density at radius 2 is 2.36 bits per heavy atom. The highest BCUT2D eigenvalue weighted by molar-refractivity contribution is 5.24. The van der Waals surface area contributed by atoms with E-state index in [1.165, 1.54) is 0 Å². The first-order valence-electron chi connectivity index (χ1n) is 2.72. The van der Waals surface area contributed by atoms with Gasteiger partial charge in [0.05, 0.1) is 17.2 Å². The Kier molecular flexibility index (Phi) is 1.59. The lowest BCUT2D eigenvalue weighted by molar-refractivity contribution is -0.385. The lowest BCUT2D eigenvalue weighted by Gasteiger charge is -1.94. The van der Waals surface area contributed by atoms with Crippen LogP contribution < -0.4 is 5.49 Å². The molecule has 1 aromatic heterocycles. The van der Waals surface area contributed by atoms with Gasteiger partial charge < -0.3 is 5.21 Å². The molecule has 0 aliphatic heterocycles. The fourth-order valence-corrected chi connectivity index (χ4v) is 0.595. The van der Waals surface area contributed by atoms with Gasteiger partial charge in [-0.15, -0.1) is 0 Å². The van der Waals surface area contributed by atoms with Crippen LogP contribution in [-0.2, 0) is 0 Å². The summed E-state index contributed by atoms with van der Waals surface area (Å²) in [6.07, 6.45) is 1.04. The van der Waals surface area contributed by atoms with Crippen molar-refractivity contribution in [2.24, 2.45) is 0 Å². The normalized spacial score (nSPS) is 9.45. The molecule has 0 aliphatic rings. The van der Waals surface area contributed by atoms with Gasteiger partial charge in [0.2, 0.25) is 0 Å². The summed E-state index contributed by atoms with van der Waals surface area (Å²) in [6, 6.07) is 2.07. The Hall–Kier alpha value is -1.85. The average Bonchev–Trinajstić information content (AvgIpc) is 1.94. The summed E-state index contributed by atoms with van der Waals surface area (Å²) in [5.74, 6) is 0. The van der Waals surface area contributed by atoms with Gasteiger partial charge in [0.1, 0.15) is 0 Å². The largest absolute Gasteiger partial charge is 0.427 e. The summed E-state index contributed by atoms with van der Waals surface area (Å²) in [6.45, 7) is 0. The molecule has 0 bridgehead atoms. The fourth-order valence-electron chi connectivity index (χ4n) is 0.595. The minimum Gasteiger partial charge on any atom is -0.427 e. The van der Waals surface area contributed by atoms with Crippen molar-refractivity contribution in [3.8, 4) is 0 Å². The molecule has 2 N–H and O–H groups in total. The van der Waals surface area contributed by atoms with Crippen LogP contribution >= 0.6 is 0 Å². The van der Waals surface area contributed by atoms with Gasteiger partial charge >= 0.3 is 0 Å². The second-order valence-corrected chi connectivity index (χ2v) is 1.87. The Morgan fingerprint density at radius 1 is 1.73 bits per heavy atom. The molecule has 0 saturated carbocycles. The van der Waals surface area contributed by atoms with Crippen LogP contribution in [-0.4, -0.2) is 14.9 Å². The van der Waals surface area contributed by atoms with Crippen LogP contribution in [0.3, 0.4) is 0 Å². The third-order valence-electron chi connectivity index (χ3n) is 1.13. The lowest BCUT2D eigenvalue weighted by atomic mass is 10.4. The van der Waals surface area contributed by atoms with Gasteiger partial charge in [-0.2, -0.15) is 4.73 Å². The van der Waals surface area contributed by atoms with E-state index < -0.39 is 4.92 Å². The molecule has 0 aliphatic carbocycles. The molecule has 0 fully saturated rings. The van der Waals surface area contributed by atoms with Crippen molar-refractivity contribution in [2.45, 2.75) is 0 Å². The van der Waals surface area contributed by atoms with Crippen molar-refractivity contribution < 1.29 is 10.1 Å². The molecule has 0 aromatic carbocycles. The Labute approximate surface area is 60.9 Å². The highest BCUT2D eigenvalue weighted by Gasteiger charge is 2.03. The second-order valence-electron chi connectivity index (χ2n) is 1.87. The second kappa shape index (κ2) is 2.41. The molecule has 1 heterocycles. The number of aromatic nitrogens is 1. The van der Waals surface area contributed by atoms with Crippen LogP contribution in [0.2, 0.25) is 0 Å². The number of nitro groups is 1. The zero-order valence-electron chi connectivity index (χ0n) is 5.39. The molecule has 1 rings (SSSR count). The predicted octanol–water partition coefficient (Wildman–Crippen LogP) is 0.113. The van der Waals surface area contributed by atoms with Gasteiger partial charge in [0, 0.05) is 6.07 Å². The first kappa shape index (κ1) is 7.26. The zero-order valence-corrected chi connectivity index (χ0v) is 5.39. The van der Waals surface area contributed by atoms with Gasteiger partial charge in [-0.3, -0.25) is 15.5 Å². The summed E-state index contributed by atoms with van der Waals surface area (Å²) in [5.41, 5.74) is -0.528. The van der Waals surface area contributed by atoms with E-state index >= 15 is 0 Å². The number of nitrogens with one attached hydrogen (secondary N) is 1. The maximum atomic E-state index is 10.1. The number of rotatable bonds is 1. The molecule has 0 atom stereocenters. The van der Waals surface area contributed by atoms with Gasteiger partial charge in [0.15, 0.2) is 5.49 Å². The number of nitrogens with zero attached hydrogens (tertiary/aromatic N) is 2. The molecule has 0 radical (unpaired) electrons. The Bertz CT molecular complexity index is 343. The van der Waals surface area contributed by atoms with Crippen LogP contribution in [0.5, 0.6) is 0 Å². The summed E-state index contributed by atoms with van der Waals surface area (Å²) in [5, 5.41) is 25.8. The van der Waals surface area contributed by atoms with Gasteiger partial charge in [-0.05, 0) is 0 Å². The maximum absolute atomic E-state index is 10.1. The van der Waals surface area contributed by atoms with Gasteiger partial charge in [-0.25, -0.2) is 0 Å². The Balaban J connectivity index is 3.26. The van der Waals surface area contributed by atoms with Crippen LogP contribution in [0.25, 0.3) is 0 Å². The van der Waals surface area contributed by atoms with E-state index in [0.29, 0.717) is 4.73 Å². The van der Waals surface area contributed by atoms with E-state index in [9.17, 15) is 10.1 Å². The monoisotopic (exact) mass is 155 g/mol. The fraction of sp³-hybridized carbons (Fsp3) is 0. The van der Waals surface area contributed by atoms with E-state index in [2.05, 4.69) is 0 Å². The minimum atomic E-state index is -0.627. The smallest absolute Gasteiger partial charge is 0.274 e. The summed E-state index contributed by atoms with van der Waals surface area (Å²) in [4.78, 5) is 9.47. The van der Waals surface area contributed by atoms with Crippen LogP contribution in [0, 0.1) is 15.5 Å². The SMILES string of the molecule is N=c1cc([N+](=O)[O-])ccn1O. The quantitative estimate of drug-likeness (QED) is 0.342. The molecule has 0 amide bonds. The third-order valence-corrected chi connectivity index (χ3v) is 1.13. The predicted molar refractivity (Wildman–Crippen MR) is 34.1 cm³/mol. The molecule has 0 saturated heterocycles. The topological polar surface area (TPSA) is 92.1 Å². The molecule has 0 unspecified atom stereocenters. The van der Waals surface area contributed by atoms with E-state index in [4.69, 9.17) is 10.6 Å². The summed E-state index contributed by atoms with van der Waals surface area (Å²) < 4.78 is 0.493. The molecule has 6 heteroatoms. The number of hydrogen-bond donors (Lipinski definition) is 2. The van der Waals surface area contributed by atoms with E-state index in [1.54, 1.807) is 0 Å². The van der Waals surface area contributed by atoms with Crippen LogP contribution in [0.4, 0.5) is 5.69 Å². The van der Waals surface area contributed by atoms with Crippen molar-refractivity contribution in [3.63, 3.8) is 0 Å². The molecule has 6 nitrogen and oxygen atoms in total. The van der Waals surface area contributed by atoms with Gasteiger partial charge in [0.25, 0.3) is 5.69 Å². The molecule has 0 spiro atoms. The molecule has 11 heavy (non-hydrogen) atoms. The van der Waals surface area contributed by atoms with Gasteiger partial charge in [-0.1, -0.05) is 0 Å². The van der Waals surface area contributed by atoms with E-state index in [-0.39, 0.29) is 11.2 Å². The van der Waals surface area contributed by atoms with Crippen LogP contribution in [0.15, 0.2) is 18.3 Å². The molecule has 58 valence electrons. The van der Waals surface area contributed by atoms with Crippen molar-refractivity contribution in [1.29, 1.82) is 5.41 Å². The van der Waals surface area contributed by atoms with Crippen molar-refractivity contribution in [1.82, 2.24) is 4.73 Å². The van der Waals surface area contributed by atoms with Crippen molar-refractivity contribution >= 4 is 5.69 Å².